The van der Waals surface area contributed by atoms with Crippen LogP contribution in [-0.2, 0) is 11.4 Å². The maximum Gasteiger partial charge on any atom is 0.280 e. The Kier molecular flexibility index (Phi) is 7.31. The summed E-state index contributed by atoms with van der Waals surface area (Å²) in [5, 5.41) is 14.7. The molecule has 3 aromatic rings. The van der Waals surface area contributed by atoms with Gasteiger partial charge in [-0.3, -0.25) is 14.9 Å². The number of carbonyl (C=O) groups excluding carboxylic acids is 1. The molecule has 8 nitrogen and oxygen atoms in total. The number of non-ortho nitro benzene ring substituents is 1. The van der Waals surface area contributed by atoms with Crippen molar-refractivity contribution >= 4 is 17.8 Å². The molecular formula is C23H21N3O5. The molecule has 0 radical (unpaired) electrons. The minimum Gasteiger partial charge on any atom is -0.488 e. The van der Waals surface area contributed by atoms with Crippen molar-refractivity contribution in [2.45, 2.75) is 19.6 Å². The van der Waals surface area contributed by atoms with Gasteiger partial charge in [-0.15, -0.1) is 0 Å². The van der Waals surface area contributed by atoms with Crippen molar-refractivity contribution in [1.82, 2.24) is 5.43 Å². The van der Waals surface area contributed by atoms with E-state index in [9.17, 15) is 14.9 Å². The molecule has 3 rings (SSSR count). The molecule has 0 spiro atoms. The Morgan fingerprint density at radius 2 is 1.74 bits per heavy atom. The standard InChI is InChI=1S/C23H21N3O5/c1-17(31-21-13-11-20(12-14-21)26(28)29)23(27)25-24-15-19-9-5-6-10-22(19)30-16-18-7-3-2-4-8-18/h2-15,17H,16H2,1H3,(H,25,27)/b24-15+. The van der Waals surface area contributed by atoms with Crippen LogP contribution in [0.25, 0.3) is 0 Å². The Hall–Kier alpha value is -4.20. The number of hydrogen-bond acceptors (Lipinski definition) is 6. The smallest absolute Gasteiger partial charge is 0.280 e. The molecule has 0 heterocycles. The molecule has 8 heteroatoms. The van der Waals surface area contributed by atoms with Crippen molar-refractivity contribution < 1.29 is 19.2 Å². The van der Waals surface area contributed by atoms with Crippen molar-refractivity contribution in [3.63, 3.8) is 0 Å². The van der Waals surface area contributed by atoms with Gasteiger partial charge < -0.3 is 9.47 Å². The lowest BCUT2D eigenvalue weighted by Gasteiger charge is -2.12. The first kappa shape index (κ1) is 21.5. The van der Waals surface area contributed by atoms with E-state index in [-0.39, 0.29) is 5.69 Å². The molecule has 0 aliphatic rings. The Bertz CT molecular complexity index is 1050. The number of benzene rings is 3. The zero-order valence-electron chi connectivity index (χ0n) is 16.8. The van der Waals surface area contributed by atoms with Crippen molar-refractivity contribution in [1.29, 1.82) is 0 Å². The summed E-state index contributed by atoms with van der Waals surface area (Å²) < 4.78 is 11.3. The Morgan fingerprint density at radius 1 is 1.06 bits per heavy atom. The third-order valence-corrected chi connectivity index (χ3v) is 4.26. The number of amides is 1. The average Bonchev–Trinajstić information content (AvgIpc) is 2.79. The summed E-state index contributed by atoms with van der Waals surface area (Å²) >= 11 is 0. The predicted octanol–water partition coefficient (Wildman–Crippen LogP) is 4.09. The molecule has 0 saturated carbocycles. The van der Waals surface area contributed by atoms with Crippen LogP contribution in [0.3, 0.4) is 0 Å². The number of ether oxygens (including phenoxy) is 2. The van der Waals surface area contributed by atoms with Crippen LogP contribution < -0.4 is 14.9 Å². The molecule has 3 aromatic carbocycles. The molecule has 1 amide bonds. The third-order valence-electron chi connectivity index (χ3n) is 4.26. The number of nitro benzene ring substituents is 1. The van der Waals surface area contributed by atoms with Gasteiger partial charge in [-0.1, -0.05) is 42.5 Å². The highest BCUT2D eigenvalue weighted by Gasteiger charge is 2.15. The predicted molar refractivity (Wildman–Crippen MR) is 116 cm³/mol. The monoisotopic (exact) mass is 419 g/mol. The summed E-state index contributed by atoms with van der Waals surface area (Å²) in [6, 6.07) is 22.6. The molecule has 1 unspecified atom stereocenters. The second kappa shape index (κ2) is 10.5. The fourth-order valence-corrected chi connectivity index (χ4v) is 2.61. The molecular weight excluding hydrogens is 398 g/mol. The summed E-state index contributed by atoms with van der Waals surface area (Å²) in [6.45, 7) is 1.97. The van der Waals surface area contributed by atoms with Gasteiger partial charge in [0.2, 0.25) is 0 Å². The lowest BCUT2D eigenvalue weighted by Crippen LogP contribution is -2.33. The highest BCUT2D eigenvalue weighted by atomic mass is 16.6. The zero-order valence-corrected chi connectivity index (χ0v) is 16.8. The van der Waals surface area contributed by atoms with Crippen LogP contribution in [0, 0.1) is 10.1 Å². The van der Waals surface area contributed by atoms with E-state index in [0.29, 0.717) is 23.7 Å². The maximum absolute atomic E-state index is 12.2. The van der Waals surface area contributed by atoms with Crippen molar-refractivity contribution in [2.75, 3.05) is 0 Å². The van der Waals surface area contributed by atoms with Gasteiger partial charge in [-0.25, -0.2) is 5.43 Å². The Morgan fingerprint density at radius 3 is 2.45 bits per heavy atom. The van der Waals surface area contributed by atoms with Crippen LogP contribution in [0.5, 0.6) is 11.5 Å². The first-order valence-corrected chi connectivity index (χ1v) is 9.52. The van der Waals surface area contributed by atoms with Crippen molar-refractivity contribution in [2.24, 2.45) is 5.10 Å². The summed E-state index contributed by atoms with van der Waals surface area (Å²) in [5.74, 6) is 0.522. The summed E-state index contributed by atoms with van der Waals surface area (Å²) in [7, 11) is 0. The largest absolute Gasteiger partial charge is 0.488 e. The number of hydrogen-bond donors (Lipinski definition) is 1. The van der Waals surface area contributed by atoms with Gasteiger partial charge in [-0.2, -0.15) is 5.10 Å². The highest BCUT2D eigenvalue weighted by molar-refractivity contribution is 5.86. The highest BCUT2D eigenvalue weighted by Crippen LogP contribution is 2.19. The average molecular weight is 419 g/mol. The number of para-hydroxylation sites is 1. The molecule has 1 atom stereocenters. The third kappa shape index (κ3) is 6.40. The molecule has 0 aliphatic carbocycles. The number of hydrazone groups is 1. The fourth-order valence-electron chi connectivity index (χ4n) is 2.61. The van der Waals surface area contributed by atoms with Gasteiger partial charge in [0.05, 0.1) is 11.1 Å². The fraction of sp³-hybridized carbons (Fsp3) is 0.130. The Labute approximate surface area is 179 Å². The summed E-state index contributed by atoms with van der Waals surface area (Å²) in [5.41, 5.74) is 4.12. The van der Waals surface area contributed by atoms with Crippen molar-refractivity contribution in [3.8, 4) is 11.5 Å². The van der Waals surface area contributed by atoms with E-state index in [1.54, 1.807) is 6.92 Å². The van der Waals surface area contributed by atoms with Gasteiger partial charge in [0.25, 0.3) is 11.6 Å². The zero-order chi connectivity index (χ0) is 22.1. The second-order valence-corrected chi connectivity index (χ2v) is 6.56. The van der Waals surface area contributed by atoms with Gasteiger partial charge in [-0.05, 0) is 36.8 Å². The molecule has 31 heavy (non-hydrogen) atoms. The van der Waals surface area contributed by atoms with E-state index < -0.39 is 16.9 Å². The van der Waals surface area contributed by atoms with Crippen LogP contribution in [-0.4, -0.2) is 23.1 Å². The van der Waals surface area contributed by atoms with Crippen molar-refractivity contribution in [3.05, 3.63) is 100 Å². The maximum atomic E-state index is 12.2. The van der Waals surface area contributed by atoms with E-state index in [4.69, 9.17) is 9.47 Å². The Balaban J connectivity index is 1.54. The number of nitro groups is 1. The van der Waals surface area contributed by atoms with E-state index in [1.807, 2.05) is 54.6 Å². The molecule has 0 aliphatic heterocycles. The van der Waals surface area contributed by atoms with Crippen LogP contribution in [0.2, 0.25) is 0 Å². The van der Waals surface area contributed by atoms with E-state index >= 15 is 0 Å². The molecule has 1 N–H and O–H groups in total. The normalized spacial score (nSPS) is 11.6. The quantitative estimate of drug-likeness (QED) is 0.320. The summed E-state index contributed by atoms with van der Waals surface area (Å²) in [4.78, 5) is 22.4. The van der Waals surface area contributed by atoms with Crippen LogP contribution in [0.15, 0.2) is 84.0 Å². The van der Waals surface area contributed by atoms with Crippen LogP contribution >= 0.6 is 0 Å². The molecule has 0 bridgehead atoms. The lowest BCUT2D eigenvalue weighted by molar-refractivity contribution is -0.384. The number of nitrogens with zero attached hydrogens (tertiary/aromatic N) is 2. The number of rotatable bonds is 9. The topological polar surface area (TPSA) is 103 Å². The SMILES string of the molecule is CC(Oc1ccc([N+](=O)[O-])cc1)C(=O)N/N=C/c1ccccc1OCc1ccccc1. The lowest BCUT2D eigenvalue weighted by atomic mass is 10.2. The molecule has 0 fully saturated rings. The number of nitrogens with one attached hydrogen (secondary N) is 1. The van der Waals surface area contributed by atoms with E-state index in [0.717, 1.165) is 5.56 Å². The minimum atomic E-state index is -0.844. The first-order valence-electron chi connectivity index (χ1n) is 9.52. The van der Waals surface area contributed by atoms with Crippen LogP contribution in [0.4, 0.5) is 5.69 Å². The minimum absolute atomic E-state index is 0.0535. The second-order valence-electron chi connectivity index (χ2n) is 6.56. The molecule has 158 valence electrons. The summed E-state index contributed by atoms with van der Waals surface area (Å²) in [6.07, 6.45) is 0.653. The van der Waals surface area contributed by atoms with Gasteiger partial charge in [0.15, 0.2) is 6.10 Å². The van der Waals surface area contributed by atoms with Gasteiger partial charge in [0.1, 0.15) is 18.1 Å². The van der Waals surface area contributed by atoms with Gasteiger partial charge >= 0.3 is 0 Å². The molecule has 0 saturated heterocycles. The van der Waals surface area contributed by atoms with Gasteiger partial charge in [0, 0.05) is 17.7 Å². The van der Waals surface area contributed by atoms with E-state index in [2.05, 4.69) is 10.5 Å². The van der Waals surface area contributed by atoms with Crippen LogP contribution in [0.1, 0.15) is 18.1 Å². The molecule has 0 aromatic heterocycles. The number of carbonyl (C=O) groups is 1. The van der Waals surface area contributed by atoms with E-state index in [1.165, 1.54) is 30.5 Å². The first-order chi connectivity index (χ1) is 15.0.